The van der Waals surface area contributed by atoms with Gasteiger partial charge in [0.2, 0.25) is 0 Å². The molecular weight excluding hydrogens is 284 g/mol. The monoisotopic (exact) mass is 322 g/mol. The molecule has 21 heavy (non-hydrogen) atoms. The molecule has 0 aliphatic heterocycles. The van der Waals surface area contributed by atoms with Gasteiger partial charge in [0.1, 0.15) is 0 Å². The van der Waals surface area contributed by atoms with Crippen molar-refractivity contribution in [1.82, 2.24) is 0 Å². The molecular formula is C17H38O3S. The van der Waals surface area contributed by atoms with Gasteiger partial charge in [-0.05, 0) is 33.1 Å². The Bertz CT molecular complexity index is 207. The molecule has 0 aromatic carbocycles. The first-order valence-corrected chi connectivity index (χ1v) is 10.5. The summed E-state index contributed by atoms with van der Waals surface area (Å²) in [5.41, 5.74) is 0. The van der Waals surface area contributed by atoms with Crippen molar-refractivity contribution in [3.05, 3.63) is 0 Å². The molecule has 0 aromatic heterocycles. The van der Waals surface area contributed by atoms with E-state index in [1.54, 1.807) is 0 Å². The first-order valence-electron chi connectivity index (χ1n) is 8.91. The van der Waals surface area contributed by atoms with Gasteiger partial charge in [0, 0.05) is 5.75 Å². The van der Waals surface area contributed by atoms with E-state index in [2.05, 4.69) is 13.8 Å². The average Bonchev–Trinajstić information content (AvgIpc) is 2.46. The van der Waals surface area contributed by atoms with Crippen LogP contribution in [0.15, 0.2) is 0 Å². The smallest absolute Gasteiger partial charge is 0.0890 e. The van der Waals surface area contributed by atoms with Gasteiger partial charge in [0.05, 0.1) is 30.7 Å². The third-order valence-corrected chi connectivity index (χ3v) is 6.29. The Morgan fingerprint density at radius 2 is 1.24 bits per heavy atom. The lowest BCUT2D eigenvalue weighted by Gasteiger charge is -2.39. The minimum atomic E-state index is -1.81. The average molecular weight is 323 g/mol. The van der Waals surface area contributed by atoms with Gasteiger partial charge in [-0.3, -0.25) is 12.5 Å². The third kappa shape index (κ3) is 9.77. The largest absolute Gasteiger partial charge is 0.293 e. The summed E-state index contributed by atoms with van der Waals surface area (Å²) in [5.74, 6) is 1.57. The highest BCUT2D eigenvalue weighted by Crippen LogP contribution is 2.53. The van der Waals surface area contributed by atoms with Crippen molar-refractivity contribution in [2.45, 2.75) is 79.6 Å². The van der Waals surface area contributed by atoms with Crippen LogP contribution in [0.4, 0.5) is 0 Å². The van der Waals surface area contributed by atoms with Gasteiger partial charge < -0.3 is 0 Å². The Hall–Kier alpha value is 0.230. The molecule has 0 radical (unpaired) electrons. The highest BCUT2D eigenvalue weighted by atomic mass is 32.3. The lowest BCUT2D eigenvalue weighted by molar-refractivity contribution is 0.181. The van der Waals surface area contributed by atoms with Crippen LogP contribution < -0.4 is 0 Å². The predicted octanol–water partition coefficient (Wildman–Crippen LogP) is 6.03. The molecule has 0 spiro atoms. The van der Waals surface area contributed by atoms with E-state index >= 15 is 0 Å². The molecule has 0 N–H and O–H groups in total. The molecule has 0 bridgehead atoms. The fraction of sp³-hybridized carbons (Fsp3) is 1.00. The molecule has 0 saturated heterocycles. The van der Waals surface area contributed by atoms with Crippen LogP contribution >= 0.6 is 10.9 Å². The fourth-order valence-corrected chi connectivity index (χ4v) is 5.07. The summed E-state index contributed by atoms with van der Waals surface area (Å²) in [7, 11) is -1.81. The van der Waals surface area contributed by atoms with E-state index in [1.807, 2.05) is 20.8 Å². The Labute approximate surface area is 135 Å². The van der Waals surface area contributed by atoms with Crippen molar-refractivity contribution in [3.8, 4) is 0 Å². The Morgan fingerprint density at radius 3 is 1.67 bits per heavy atom. The summed E-state index contributed by atoms with van der Waals surface area (Å²) in [6.07, 6.45) is 9.15. The predicted molar refractivity (Wildman–Crippen MR) is 94.5 cm³/mol. The minimum Gasteiger partial charge on any atom is -0.293 e. The SMILES string of the molecule is CCCCCCCC(CC)CS(OCC)(OCC)OCC. The normalized spacial score (nSPS) is 14.3. The van der Waals surface area contributed by atoms with Crippen LogP contribution in [0.3, 0.4) is 0 Å². The van der Waals surface area contributed by atoms with Gasteiger partial charge in [-0.2, -0.15) is 0 Å². The van der Waals surface area contributed by atoms with E-state index in [-0.39, 0.29) is 0 Å². The van der Waals surface area contributed by atoms with E-state index in [0.29, 0.717) is 25.7 Å². The molecule has 0 aromatic rings. The zero-order chi connectivity index (χ0) is 16.0. The van der Waals surface area contributed by atoms with Gasteiger partial charge in [0.25, 0.3) is 0 Å². The Balaban J connectivity index is 4.39. The topological polar surface area (TPSA) is 27.7 Å². The van der Waals surface area contributed by atoms with Crippen LogP contribution in [0.2, 0.25) is 0 Å². The van der Waals surface area contributed by atoms with E-state index in [4.69, 9.17) is 12.5 Å². The van der Waals surface area contributed by atoms with Gasteiger partial charge in [-0.1, -0.05) is 52.4 Å². The molecule has 1 atom stereocenters. The fourth-order valence-electron chi connectivity index (χ4n) is 2.52. The second-order valence-corrected chi connectivity index (χ2v) is 7.58. The lowest BCUT2D eigenvalue weighted by Crippen LogP contribution is -2.21. The van der Waals surface area contributed by atoms with E-state index in [1.165, 1.54) is 44.9 Å². The molecule has 0 fully saturated rings. The molecule has 4 heteroatoms. The minimum absolute atomic E-state index is 0.645. The summed E-state index contributed by atoms with van der Waals surface area (Å²) in [4.78, 5) is 0. The quantitative estimate of drug-likeness (QED) is 0.344. The first kappa shape index (κ1) is 21.2. The van der Waals surface area contributed by atoms with Crippen LogP contribution in [0.25, 0.3) is 0 Å². The third-order valence-electron chi connectivity index (χ3n) is 3.63. The van der Waals surface area contributed by atoms with E-state index < -0.39 is 10.9 Å². The van der Waals surface area contributed by atoms with Gasteiger partial charge in [-0.15, -0.1) is 0 Å². The van der Waals surface area contributed by atoms with Crippen molar-refractivity contribution in [1.29, 1.82) is 0 Å². The second kappa shape index (κ2) is 13.9. The maximum Gasteiger partial charge on any atom is 0.0890 e. The summed E-state index contributed by atoms with van der Waals surface area (Å²) in [6.45, 7) is 12.6. The van der Waals surface area contributed by atoms with Crippen molar-refractivity contribution >= 4 is 10.9 Å². The zero-order valence-electron chi connectivity index (χ0n) is 15.0. The van der Waals surface area contributed by atoms with Crippen LogP contribution in [-0.4, -0.2) is 25.6 Å². The first-order chi connectivity index (χ1) is 10.2. The second-order valence-electron chi connectivity index (χ2n) is 5.42. The number of unbranched alkanes of at least 4 members (excludes halogenated alkanes) is 4. The van der Waals surface area contributed by atoms with Crippen molar-refractivity contribution < 1.29 is 12.5 Å². The Morgan fingerprint density at radius 1 is 0.714 bits per heavy atom. The molecule has 0 heterocycles. The van der Waals surface area contributed by atoms with Gasteiger partial charge in [-0.25, -0.2) is 0 Å². The maximum absolute atomic E-state index is 5.93. The number of hydrogen-bond acceptors (Lipinski definition) is 3. The molecule has 0 aliphatic rings. The van der Waals surface area contributed by atoms with Crippen LogP contribution in [0.1, 0.15) is 79.6 Å². The molecule has 0 aliphatic carbocycles. The molecule has 0 saturated carbocycles. The van der Waals surface area contributed by atoms with Crippen LogP contribution in [0.5, 0.6) is 0 Å². The van der Waals surface area contributed by atoms with Crippen LogP contribution in [0, 0.1) is 5.92 Å². The zero-order valence-corrected chi connectivity index (χ0v) is 15.8. The molecule has 130 valence electrons. The van der Waals surface area contributed by atoms with Crippen molar-refractivity contribution in [2.24, 2.45) is 5.92 Å². The molecule has 0 rings (SSSR count). The lowest BCUT2D eigenvalue weighted by atomic mass is 10.00. The van der Waals surface area contributed by atoms with Crippen molar-refractivity contribution in [3.63, 3.8) is 0 Å². The van der Waals surface area contributed by atoms with Gasteiger partial charge >= 0.3 is 0 Å². The molecule has 0 amide bonds. The Kier molecular flexibility index (Phi) is 14.0. The number of rotatable bonds is 15. The summed E-state index contributed by atoms with van der Waals surface area (Å²) in [5, 5.41) is 0. The van der Waals surface area contributed by atoms with Crippen LogP contribution in [-0.2, 0) is 12.5 Å². The van der Waals surface area contributed by atoms with E-state index in [0.717, 1.165) is 5.75 Å². The number of hydrogen-bond donors (Lipinski definition) is 0. The van der Waals surface area contributed by atoms with E-state index in [9.17, 15) is 0 Å². The summed E-state index contributed by atoms with van der Waals surface area (Å²) in [6, 6.07) is 0. The van der Waals surface area contributed by atoms with Gasteiger partial charge in [0.15, 0.2) is 0 Å². The highest BCUT2D eigenvalue weighted by Gasteiger charge is 2.29. The highest BCUT2D eigenvalue weighted by molar-refractivity contribution is 8.21. The maximum atomic E-state index is 5.93. The van der Waals surface area contributed by atoms with Crippen molar-refractivity contribution in [2.75, 3.05) is 25.6 Å². The summed E-state index contributed by atoms with van der Waals surface area (Å²) < 4.78 is 17.8. The summed E-state index contributed by atoms with van der Waals surface area (Å²) >= 11 is 0. The molecule has 3 nitrogen and oxygen atoms in total. The molecule has 1 unspecified atom stereocenters. The standard InChI is InChI=1S/C17H38O3S/c1-6-11-12-13-14-15-17(7-2)16-21(18-8-3,19-9-4)20-10-5/h17H,6-16H2,1-5H3.